The molecule has 5 rings (SSSR count). The quantitative estimate of drug-likeness (QED) is 0.330. The van der Waals surface area contributed by atoms with Crippen LogP contribution in [0.3, 0.4) is 0 Å². The minimum atomic E-state index is 0.573. The van der Waals surface area contributed by atoms with Gasteiger partial charge < -0.3 is 0 Å². The second-order valence-corrected chi connectivity index (χ2v) is 6.72. The molecule has 0 N–H and O–H groups in total. The summed E-state index contributed by atoms with van der Waals surface area (Å²) in [4.78, 5) is 11.6. The number of aldehydes is 1. The highest BCUT2D eigenvalue weighted by Crippen LogP contribution is 2.49. The number of fused-ring (bicyclic) bond motifs is 3. The molecule has 0 aliphatic heterocycles. The molecule has 0 radical (unpaired) electrons. The van der Waals surface area contributed by atoms with Gasteiger partial charge in [0, 0.05) is 10.6 Å². The lowest BCUT2D eigenvalue weighted by Gasteiger charge is -2.11. The van der Waals surface area contributed by atoms with E-state index in [1.165, 1.54) is 27.6 Å². The van der Waals surface area contributed by atoms with Crippen LogP contribution >= 0.6 is 11.6 Å². The second-order valence-electron chi connectivity index (χ2n) is 6.28. The molecule has 0 atom stereocenters. The fourth-order valence-corrected chi connectivity index (χ4v) is 4.10. The lowest BCUT2D eigenvalue weighted by Crippen LogP contribution is -1.89. The largest absolute Gasteiger partial charge is 0.298 e. The first-order valence-corrected chi connectivity index (χ1v) is 8.56. The van der Waals surface area contributed by atoms with Gasteiger partial charge in [-0.3, -0.25) is 4.79 Å². The van der Waals surface area contributed by atoms with Crippen LogP contribution in [0.1, 0.15) is 10.4 Å². The number of hydrogen-bond acceptors (Lipinski definition) is 1. The molecule has 2 heteroatoms. The van der Waals surface area contributed by atoms with E-state index in [2.05, 4.69) is 54.6 Å². The van der Waals surface area contributed by atoms with Gasteiger partial charge in [0.2, 0.25) is 0 Å². The van der Waals surface area contributed by atoms with Crippen LogP contribution in [0.25, 0.3) is 44.2 Å². The van der Waals surface area contributed by atoms with Crippen molar-refractivity contribution < 1.29 is 4.79 Å². The molecule has 4 aromatic rings. The van der Waals surface area contributed by atoms with Gasteiger partial charge in [0.25, 0.3) is 0 Å². The average molecular weight is 341 g/mol. The molecular weight excluding hydrogens is 328 g/mol. The zero-order valence-corrected chi connectivity index (χ0v) is 14.0. The van der Waals surface area contributed by atoms with Gasteiger partial charge in [-0.05, 0) is 56.3 Å². The Morgan fingerprint density at radius 3 is 2.04 bits per heavy atom. The van der Waals surface area contributed by atoms with Crippen LogP contribution in [-0.2, 0) is 0 Å². The molecule has 0 spiro atoms. The molecule has 1 aliphatic rings. The van der Waals surface area contributed by atoms with Gasteiger partial charge >= 0.3 is 0 Å². The standard InChI is InChI=1S/C23H13ClO/c24-15-8-9-16(14(12-15)13-25)19-10-11-22-18-5-2-1-4-17(18)20-6-3-7-21(19)23(20)22/h1-13H. The van der Waals surface area contributed by atoms with Gasteiger partial charge in [-0.2, -0.15) is 0 Å². The van der Waals surface area contributed by atoms with Crippen LogP contribution < -0.4 is 0 Å². The third-order valence-corrected chi connectivity index (χ3v) is 5.21. The molecule has 1 nitrogen and oxygen atoms in total. The maximum absolute atomic E-state index is 11.6. The number of carbonyl (C=O) groups excluding carboxylic acids is 1. The summed E-state index contributed by atoms with van der Waals surface area (Å²) in [5, 5.41) is 2.99. The molecule has 25 heavy (non-hydrogen) atoms. The van der Waals surface area contributed by atoms with Crippen molar-refractivity contribution in [3.05, 3.63) is 83.4 Å². The van der Waals surface area contributed by atoms with Crippen molar-refractivity contribution in [2.45, 2.75) is 0 Å². The van der Waals surface area contributed by atoms with Gasteiger partial charge in [0.1, 0.15) is 0 Å². The SMILES string of the molecule is O=Cc1cc(Cl)ccc1-c1ccc2c3c(cccc13)-c1ccccc1-2. The monoisotopic (exact) mass is 340 g/mol. The Labute approximate surface area is 150 Å². The number of hydrogen-bond donors (Lipinski definition) is 0. The van der Waals surface area contributed by atoms with Crippen LogP contribution in [0.15, 0.2) is 72.8 Å². The molecule has 0 saturated heterocycles. The van der Waals surface area contributed by atoms with Crippen LogP contribution in [-0.4, -0.2) is 6.29 Å². The van der Waals surface area contributed by atoms with Crippen molar-refractivity contribution in [1.29, 1.82) is 0 Å². The number of rotatable bonds is 2. The summed E-state index contributed by atoms with van der Waals surface area (Å²) in [6, 6.07) is 24.6. The summed E-state index contributed by atoms with van der Waals surface area (Å²) in [5.74, 6) is 0. The molecule has 0 amide bonds. The highest BCUT2D eigenvalue weighted by molar-refractivity contribution is 6.31. The first-order chi connectivity index (χ1) is 12.3. The number of carbonyl (C=O) groups is 1. The normalized spacial score (nSPS) is 11.6. The topological polar surface area (TPSA) is 17.1 Å². The van der Waals surface area contributed by atoms with Crippen LogP contribution in [0.5, 0.6) is 0 Å². The van der Waals surface area contributed by atoms with Gasteiger partial charge in [-0.25, -0.2) is 0 Å². The Morgan fingerprint density at radius 1 is 0.640 bits per heavy atom. The number of benzene rings is 4. The predicted octanol–water partition coefficient (Wildman–Crippen LogP) is 6.62. The van der Waals surface area contributed by atoms with E-state index in [9.17, 15) is 4.79 Å². The Bertz CT molecular complexity index is 1140. The molecule has 0 unspecified atom stereocenters. The van der Waals surface area contributed by atoms with E-state index in [-0.39, 0.29) is 0 Å². The van der Waals surface area contributed by atoms with E-state index in [1.54, 1.807) is 6.07 Å². The Hall–Kier alpha value is -2.90. The molecule has 118 valence electrons. The molecule has 0 fully saturated rings. The smallest absolute Gasteiger partial charge is 0.150 e. The maximum atomic E-state index is 11.6. The average Bonchev–Trinajstić information content (AvgIpc) is 2.98. The lowest BCUT2D eigenvalue weighted by atomic mass is 9.92. The molecule has 0 saturated carbocycles. The maximum Gasteiger partial charge on any atom is 0.150 e. The van der Waals surface area contributed by atoms with Crippen molar-refractivity contribution in [2.75, 3.05) is 0 Å². The van der Waals surface area contributed by atoms with Crippen molar-refractivity contribution in [3.63, 3.8) is 0 Å². The zero-order chi connectivity index (χ0) is 17.0. The molecular formula is C23H13ClO. The van der Waals surface area contributed by atoms with Crippen LogP contribution in [0, 0.1) is 0 Å². The summed E-state index contributed by atoms with van der Waals surface area (Å²) in [5.41, 5.74) is 7.65. The predicted molar refractivity (Wildman–Crippen MR) is 104 cm³/mol. The summed E-state index contributed by atoms with van der Waals surface area (Å²) in [6.45, 7) is 0. The van der Waals surface area contributed by atoms with Crippen molar-refractivity contribution in [1.82, 2.24) is 0 Å². The van der Waals surface area contributed by atoms with E-state index in [1.807, 2.05) is 12.1 Å². The highest BCUT2D eigenvalue weighted by atomic mass is 35.5. The van der Waals surface area contributed by atoms with Gasteiger partial charge in [-0.15, -0.1) is 0 Å². The first kappa shape index (κ1) is 14.4. The fourth-order valence-electron chi connectivity index (χ4n) is 3.92. The summed E-state index contributed by atoms with van der Waals surface area (Å²) < 4.78 is 0. The van der Waals surface area contributed by atoms with E-state index < -0.39 is 0 Å². The third-order valence-electron chi connectivity index (χ3n) is 4.98. The van der Waals surface area contributed by atoms with E-state index in [0.717, 1.165) is 22.8 Å². The molecule has 0 bridgehead atoms. The van der Waals surface area contributed by atoms with Gasteiger partial charge in [0.05, 0.1) is 0 Å². The van der Waals surface area contributed by atoms with Crippen LogP contribution in [0.2, 0.25) is 5.02 Å². The van der Waals surface area contributed by atoms with E-state index in [4.69, 9.17) is 11.6 Å². The van der Waals surface area contributed by atoms with Gasteiger partial charge in [-0.1, -0.05) is 72.3 Å². The summed E-state index contributed by atoms with van der Waals surface area (Å²) in [6.07, 6.45) is 0.874. The van der Waals surface area contributed by atoms with Crippen LogP contribution in [0.4, 0.5) is 0 Å². The Kier molecular flexibility index (Phi) is 3.06. The van der Waals surface area contributed by atoms with E-state index in [0.29, 0.717) is 10.6 Å². The molecule has 1 aliphatic carbocycles. The Morgan fingerprint density at radius 2 is 1.28 bits per heavy atom. The minimum absolute atomic E-state index is 0.573. The van der Waals surface area contributed by atoms with E-state index >= 15 is 0 Å². The third kappa shape index (κ3) is 2.00. The van der Waals surface area contributed by atoms with Crippen molar-refractivity contribution >= 4 is 28.7 Å². The lowest BCUT2D eigenvalue weighted by molar-refractivity contribution is 0.112. The van der Waals surface area contributed by atoms with Crippen molar-refractivity contribution in [2.24, 2.45) is 0 Å². The first-order valence-electron chi connectivity index (χ1n) is 8.18. The Balaban J connectivity index is 1.88. The second kappa shape index (κ2) is 5.30. The highest BCUT2D eigenvalue weighted by Gasteiger charge is 2.22. The molecule has 0 heterocycles. The summed E-state index contributed by atoms with van der Waals surface area (Å²) >= 11 is 6.06. The van der Waals surface area contributed by atoms with Gasteiger partial charge in [0.15, 0.2) is 6.29 Å². The molecule has 4 aromatic carbocycles. The molecule has 0 aromatic heterocycles. The fraction of sp³-hybridized carbons (Fsp3) is 0. The number of halogens is 1. The zero-order valence-electron chi connectivity index (χ0n) is 13.3. The minimum Gasteiger partial charge on any atom is -0.298 e. The summed E-state index contributed by atoms with van der Waals surface area (Å²) in [7, 11) is 0. The van der Waals surface area contributed by atoms with Crippen molar-refractivity contribution in [3.8, 4) is 33.4 Å².